The van der Waals surface area contributed by atoms with Gasteiger partial charge in [-0.15, -0.1) is 21.5 Å². The summed E-state index contributed by atoms with van der Waals surface area (Å²) in [5.41, 5.74) is 4.27. The van der Waals surface area contributed by atoms with Gasteiger partial charge in [0.05, 0.1) is 12.9 Å². The van der Waals surface area contributed by atoms with E-state index >= 15 is 0 Å². The minimum atomic E-state index is -0.466. The molecule has 1 saturated carbocycles. The Kier molecular flexibility index (Phi) is 7.73. The van der Waals surface area contributed by atoms with Gasteiger partial charge in [0, 0.05) is 23.4 Å². The highest BCUT2D eigenvalue weighted by Gasteiger charge is 2.26. The van der Waals surface area contributed by atoms with E-state index in [-0.39, 0.29) is 11.7 Å². The van der Waals surface area contributed by atoms with E-state index in [0.717, 1.165) is 52.6 Å². The highest BCUT2D eigenvalue weighted by atomic mass is 32.2. The molecule has 2 heterocycles. The molecular formula is C25H30N4O3S2. The van der Waals surface area contributed by atoms with Gasteiger partial charge in [0.1, 0.15) is 16.4 Å². The van der Waals surface area contributed by atoms with Crippen molar-refractivity contribution >= 4 is 40.0 Å². The summed E-state index contributed by atoms with van der Waals surface area (Å²) in [6.07, 6.45) is 4.78. The summed E-state index contributed by atoms with van der Waals surface area (Å²) >= 11 is 2.70. The van der Waals surface area contributed by atoms with Crippen LogP contribution in [0.2, 0.25) is 0 Å². The maximum absolute atomic E-state index is 12.8. The highest BCUT2D eigenvalue weighted by Crippen LogP contribution is 2.38. The number of rotatable bonds is 8. The number of amides is 1. The first-order valence-electron chi connectivity index (χ1n) is 11.6. The smallest absolute Gasteiger partial charge is 0.341 e. The molecule has 0 saturated heterocycles. The number of carbonyl (C=O) groups excluding carboxylic acids is 2. The normalized spacial score (nSPS) is 13.9. The Morgan fingerprint density at radius 2 is 1.97 bits per heavy atom. The fraction of sp³-hybridized carbons (Fsp3) is 0.440. The van der Waals surface area contributed by atoms with E-state index < -0.39 is 5.97 Å². The van der Waals surface area contributed by atoms with Crippen molar-refractivity contribution in [1.29, 1.82) is 0 Å². The monoisotopic (exact) mass is 498 g/mol. The van der Waals surface area contributed by atoms with Crippen LogP contribution in [0.4, 0.5) is 5.00 Å². The van der Waals surface area contributed by atoms with E-state index in [1.165, 1.54) is 43.1 Å². The lowest BCUT2D eigenvalue weighted by Gasteiger charge is -2.12. The molecule has 34 heavy (non-hydrogen) atoms. The van der Waals surface area contributed by atoms with Crippen molar-refractivity contribution in [3.8, 4) is 11.1 Å². The Balaban J connectivity index is 1.51. The van der Waals surface area contributed by atoms with Crippen LogP contribution in [0.5, 0.6) is 0 Å². The zero-order valence-electron chi connectivity index (χ0n) is 20.0. The Morgan fingerprint density at radius 3 is 2.68 bits per heavy atom. The van der Waals surface area contributed by atoms with Gasteiger partial charge in [-0.25, -0.2) is 4.79 Å². The lowest BCUT2D eigenvalue weighted by Crippen LogP contribution is -2.16. The highest BCUT2D eigenvalue weighted by molar-refractivity contribution is 7.99. The number of nitrogens with one attached hydrogen (secondary N) is 1. The standard InChI is InChI=1S/C25H30N4O3S2/c1-5-29-22(17-8-6-7-9-17)27-28-25(29)34-14-20(30)26-23-21(24(31)32-4)19(13-33-23)18-12-15(2)10-11-16(18)3/h10-13,17H,5-9,14H2,1-4H3,(H,26,30). The van der Waals surface area contributed by atoms with E-state index in [0.29, 0.717) is 16.5 Å². The number of aryl methyl sites for hydroxylation is 2. The second-order valence-electron chi connectivity index (χ2n) is 8.57. The van der Waals surface area contributed by atoms with Gasteiger partial charge in [0.2, 0.25) is 5.91 Å². The minimum Gasteiger partial charge on any atom is -0.465 e. The van der Waals surface area contributed by atoms with Crippen LogP contribution in [0.15, 0.2) is 28.7 Å². The van der Waals surface area contributed by atoms with Gasteiger partial charge in [-0.2, -0.15) is 0 Å². The zero-order chi connectivity index (χ0) is 24.2. The molecular weight excluding hydrogens is 468 g/mol. The van der Waals surface area contributed by atoms with Gasteiger partial charge in [-0.1, -0.05) is 48.4 Å². The molecule has 2 aromatic heterocycles. The molecule has 0 atom stereocenters. The fourth-order valence-electron chi connectivity index (χ4n) is 4.46. The third-order valence-corrected chi connectivity index (χ3v) is 8.09. The quantitative estimate of drug-likeness (QED) is 0.311. The fourth-order valence-corrected chi connectivity index (χ4v) is 6.24. The van der Waals surface area contributed by atoms with Crippen molar-refractivity contribution in [3.05, 3.63) is 46.1 Å². The second kappa shape index (κ2) is 10.7. The van der Waals surface area contributed by atoms with Crippen LogP contribution in [0.3, 0.4) is 0 Å². The number of benzene rings is 1. The third-order valence-electron chi connectivity index (χ3n) is 6.23. The molecule has 0 unspecified atom stereocenters. The summed E-state index contributed by atoms with van der Waals surface area (Å²) in [7, 11) is 1.35. The number of thioether (sulfide) groups is 1. The summed E-state index contributed by atoms with van der Waals surface area (Å²) in [6.45, 7) is 6.88. The van der Waals surface area contributed by atoms with Crippen molar-refractivity contribution < 1.29 is 14.3 Å². The Bertz CT molecular complexity index is 1190. The SMILES string of the molecule is CCn1c(SCC(=O)Nc2scc(-c3cc(C)ccc3C)c2C(=O)OC)nnc1C1CCCC1. The maximum atomic E-state index is 12.8. The predicted octanol–water partition coefficient (Wildman–Crippen LogP) is 5.82. The number of hydrogen-bond donors (Lipinski definition) is 1. The van der Waals surface area contributed by atoms with Gasteiger partial charge < -0.3 is 14.6 Å². The van der Waals surface area contributed by atoms with Gasteiger partial charge in [0.25, 0.3) is 0 Å². The molecule has 4 rings (SSSR count). The number of ether oxygens (including phenoxy) is 1. The molecule has 0 spiro atoms. The Morgan fingerprint density at radius 1 is 1.21 bits per heavy atom. The molecule has 1 amide bonds. The average Bonchev–Trinajstić information content (AvgIpc) is 3.58. The summed E-state index contributed by atoms with van der Waals surface area (Å²) in [5, 5.41) is 14.9. The number of esters is 1. The van der Waals surface area contributed by atoms with Crippen molar-refractivity contribution in [3.63, 3.8) is 0 Å². The first kappa shape index (κ1) is 24.5. The molecule has 7 nitrogen and oxygen atoms in total. The maximum Gasteiger partial charge on any atom is 0.341 e. The molecule has 9 heteroatoms. The van der Waals surface area contributed by atoms with Gasteiger partial charge in [0.15, 0.2) is 5.16 Å². The molecule has 180 valence electrons. The molecule has 0 aliphatic heterocycles. The van der Waals surface area contributed by atoms with Crippen LogP contribution in [-0.4, -0.2) is 39.5 Å². The lowest BCUT2D eigenvalue weighted by molar-refractivity contribution is -0.113. The van der Waals surface area contributed by atoms with Gasteiger partial charge in [-0.05, 0) is 44.7 Å². The van der Waals surface area contributed by atoms with Crippen molar-refractivity contribution in [2.24, 2.45) is 0 Å². The number of methoxy groups -OCH3 is 1. The summed E-state index contributed by atoms with van der Waals surface area (Å²) < 4.78 is 7.17. The first-order chi connectivity index (χ1) is 16.4. The summed E-state index contributed by atoms with van der Waals surface area (Å²) in [4.78, 5) is 25.5. The first-order valence-corrected chi connectivity index (χ1v) is 13.4. The molecule has 1 N–H and O–H groups in total. The molecule has 1 aromatic carbocycles. The topological polar surface area (TPSA) is 86.1 Å². The van der Waals surface area contributed by atoms with Crippen LogP contribution >= 0.6 is 23.1 Å². The largest absolute Gasteiger partial charge is 0.465 e. The number of hydrogen-bond acceptors (Lipinski definition) is 7. The Hall–Kier alpha value is -2.65. The van der Waals surface area contributed by atoms with Crippen LogP contribution < -0.4 is 5.32 Å². The second-order valence-corrected chi connectivity index (χ2v) is 10.4. The number of carbonyl (C=O) groups is 2. The van der Waals surface area contributed by atoms with Gasteiger partial charge >= 0.3 is 5.97 Å². The van der Waals surface area contributed by atoms with E-state index in [9.17, 15) is 9.59 Å². The molecule has 3 aromatic rings. The van der Waals surface area contributed by atoms with Crippen LogP contribution in [-0.2, 0) is 16.1 Å². The number of thiophene rings is 1. The van der Waals surface area contributed by atoms with E-state index in [1.807, 2.05) is 37.4 Å². The van der Waals surface area contributed by atoms with E-state index in [4.69, 9.17) is 4.74 Å². The van der Waals surface area contributed by atoms with Crippen molar-refractivity contribution in [2.45, 2.75) is 64.1 Å². The van der Waals surface area contributed by atoms with Gasteiger partial charge in [-0.3, -0.25) is 4.79 Å². The van der Waals surface area contributed by atoms with Crippen LogP contribution in [0.25, 0.3) is 11.1 Å². The van der Waals surface area contributed by atoms with Crippen LogP contribution in [0, 0.1) is 13.8 Å². The average molecular weight is 499 g/mol. The number of anilines is 1. The summed E-state index contributed by atoms with van der Waals surface area (Å²) in [5.74, 6) is 1.02. The third kappa shape index (κ3) is 5.05. The molecule has 1 aliphatic carbocycles. The van der Waals surface area contributed by atoms with E-state index in [2.05, 4.69) is 27.0 Å². The number of nitrogens with zero attached hydrogens (tertiary/aromatic N) is 3. The molecule has 1 aliphatic rings. The zero-order valence-corrected chi connectivity index (χ0v) is 21.6. The summed E-state index contributed by atoms with van der Waals surface area (Å²) in [6, 6.07) is 6.11. The van der Waals surface area contributed by atoms with Crippen LogP contribution in [0.1, 0.15) is 65.8 Å². The minimum absolute atomic E-state index is 0.181. The van der Waals surface area contributed by atoms with Crippen molar-refractivity contribution in [1.82, 2.24) is 14.8 Å². The predicted molar refractivity (Wildman–Crippen MR) is 137 cm³/mol. The number of aromatic nitrogens is 3. The lowest BCUT2D eigenvalue weighted by atomic mass is 9.97. The van der Waals surface area contributed by atoms with E-state index in [1.54, 1.807) is 0 Å². The molecule has 0 bridgehead atoms. The Labute approximate surface area is 208 Å². The molecule has 1 fully saturated rings. The molecule has 0 radical (unpaired) electrons. The van der Waals surface area contributed by atoms with Crippen molar-refractivity contribution in [2.75, 3.05) is 18.2 Å².